The van der Waals surface area contributed by atoms with Crippen LogP contribution in [0.15, 0.2) is 24.3 Å². The number of nitrogens with one attached hydrogen (secondary N) is 2. The lowest BCUT2D eigenvalue weighted by Crippen LogP contribution is -2.49. The molecule has 0 saturated carbocycles. The molecule has 0 aromatic heterocycles. The molecule has 0 unspecified atom stereocenters. The molecule has 138 valence electrons. The summed E-state index contributed by atoms with van der Waals surface area (Å²) in [5.41, 5.74) is 1.21. The van der Waals surface area contributed by atoms with Crippen LogP contribution in [0.25, 0.3) is 0 Å². The van der Waals surface area contributed by atoms with Gasteiger partial charge in [-0.1, -0.05) is 13.0 Å². The zero-order valence-corrected chi connectivity index (χ0v) is 15.9. The number of carbonyl (C=O) groups excluding carboxylic acids is 2. The number of hydrogen-bond donors (Lipinski definition) is 2. The monoisotopic (exact) mass is 346 g/mol. The molecule has 1 fully saturated rings. The molecule has 6 heteroatoms. The van der Waals surface area contributed by atoms with Gasteiger partial charge in [-0.05, 0) is 58.0 Å². The number of nitrogens with zero attached hydrogens (tertiary/aromatic N) is 2. The molecule has 2 rings (SSSR count). The minimum Gasteiger partial charge on any atom is -0.338 e. The van der Waals surface area contributed by atoms with Gasteiger partial charge in [-0.25, -0.2) is 4.79 Å². The van der Waals surface area contributed by atoms with Crippen molar-refractivity contribution in [1.29, 1.82) is 0 Å². The summed E-state index contributed by atoms with van der Waals surface area (Å²) in [4.78, 5) is 28.9. The second kappa shape index (κ2) is 8.34. The van der Waals surface area contributed by atoms with E-state index < -0.39 is 0 Å². The fraction of sp³-hybridized carbons (Fsp3) is 0.579. The van der Waals surface area contributed by atoms with Crippen molar-refractivity contribution in [3.8, 4) is 0 Å². The van der Waals surface area contributed by atoms with Crippen molar-refractivity contribution in [1.82, 2.24) is 15.1 Å². The average Bonchev–Trinajstić information content (AvgIpc) is 2.53. The Morgan fingerprint density at radius 1 is 1.32 bits per heavy atom. The summed E-state index contributed by atoms with van der Waals surface area (Å²) in [7, 11) is 3.99. The van der Waals surface area contributed by atoms with Gasteiger partial charge < -0.3 is 20.4 Å². The molecule has 6 nitrogen and oxygen atoms in total. The van der Waals surface area contributed by atoms with Crippen LogP contribution in [0, 0.1) is 5.92 Å². The van der Waals surface area contributed by atoms with Gasteiger partial charge in [-0.15, -0.1) is 0 Å². The van der Waals surface area contributed by atoms with E-state index in [1.165, 1.54) is 0 Å². The predicted octanol–water partition coefficient (Wildman–Crippen LogP) is 2.63. The van der Waals surface area contributed by atoms with E-state index in [4.69, 9.17) is 0 Å². The van der Waals surface area contributed by atoms with E-state index in [0.29, 0.717) is 17.2 Å². The first-order valence-corrected chi connectivity index (χ1v) is 8.91. The van der Waals surface area contributed by atoms with E-state index in [1.807, 2.05) is 25.8 Å². The third-order valence-corrected chi connectivity index (χ3v) is 4.67. The van der Waals surface area contributed by atoms with Crippen LogP contribution in [0.1, 0.15) is 37.6 Å². The Labute approximate surface area is 150 Å². The topological polar surface area (TPSA) is 64.7 Å². The zero-order valence-electron chi connectivity index (χ0n) is 15.9. The van der Waals surface area contributed by atoms with Crippen molar-refractivity contribution >= 4 is 17.6 Å². The second-order valence-electron chi connectivity index (χ2n) is 7.35. The Kier molecular flexibility index (Phi) is 6.42. The van der Waals surface area contributed by atoms with E-state index >= 15 is 0 Å². The van der Waals surface area contributed by atoms with E-state index in [2.05, 4.69) is 29.5 Å². The van der Waals surface area contributed by atoms with Crippen molar-refractivity contribution < 1.29 is 9.59 Å². The molecular weight excluding hydrogens is 316 g/mol. The molecule has 2 atom stereocenters. The number of likely N-dealkylation sites (tertiary alicyclic amines) is 1. The number of hydrogen-bond acceptors (Lipinski definition) is 3. The van der Waals surface area contributed by atoms with E-state index in [9.17, 15) is 9.59 Å². The van der Waals surface area contributed by atoms with Gasteiger partial charge in [0.2, 0.25) is 0 Å². The zero-order chi connectivity index (χ0) is 18.6. The quantitative estimate of drug-likeness (QED) is 0.881. The highest BCUT2D eigenvalue weighted by Gasteiger charge is 2.30. The smallest absolute Gasteiger partial charge is 0.319 e. The van der Waals surface area contributed by atoms with Gasteiger partial charge in [0, 0.05) is 36.9 Å². The normalized spacial score (nSPS) is 21.0. The van der Waals surface area contributed by atoms with Gasteiger partial charge >= 0.3 is 6.03 Å². The SMILES string of the molecule is CC(C)NC(=O)Nc1cccc(C(=O)N(C)[C@@H]2CCN(C)C[C@H]2C)c1. The Morgan fingerprint density at radius 2 is 2.04 bits per heavy atom. The number of rotatable bonds is 4. The standard InChI is InChI=1S/C19H30N4O2/c1-13(2)20-19(25)21-16-8-6-7-15(11-16)18(24)23(5)17-9-10-22(4)12-14(17)3/h6-8,11,13-14,17H,9-10,12H2,1-5H3,(H2,20,21,25)/t14-,17-/m1/s1. The fourth-order valence-electron chi connectivity index (χ4n) is 3.43. The molecule has 0 radical (unpaired) electrons. The summed E-state index contributed by atoms with van der Waals surface area (Å²) in [6.07, 6.45) is 0.981. The Morgan fingerprint density at radius 3 is 2.68 bits per heavy atom. The van der Waals surface area contributed by atoms with Crippen LogP contribution in [0.4, 0.5) is 10.5 Å². The molecule has 1 saturated heterocycles. The number of piperidine rings is 1. The summed E-state index contributed by atoms with van der Waals surface area (Å²) >= 11 is 0. The molecule has 0 aliphatic carbocycles. The lowest BCUT2D eigenvalue weighted by molar-refractivity contribution is 0.0549. The summed E-state index contributed by atoms with van der Waals surface area (Å²) in [5.74, 6) is 0.431. The predicted molar refractivity (Wildman–Crippen MR) is 101 cm³/mol. The molecule has 2 N–H and O–H groups in total. The van der Waals surface area contributed by atoms with E-state index in [1.54, 1.807) is 24.3 Å². The van der Waals surface area contributed by atoms with Crippen molar-refractivity contribution in [2.45, 2.75) is 39.3 Å². The molecule has 0 spiro atoms. The molecule has 1 heterocycles. The number of amides is 3. The maximum atomic E-state index is 12.9. The van der Waals surface area contributed by atoms with Gasteiger partial charge in [-0.3, -0.25) is 4.79 Å². The third-order valence-electron chi connectivity index (χ3n) is 4.67. The lowest BCUT2D eigenvalue weighted by atomic mass is 9.92. The number of carbonyl (C=O) groups is 2. The number of urea groups is 1. The lowest BCUT2D eigenvalue weighted by Gasteiger charge is -2.40. The maximum Gasteiger partial charge on any atom is 0.319 e. The van der Waals surface area contributed by atoms with Crippen LogP contribution in [0.3, 0.4) is 0 Å². The maximum absolute atomic E-state index is 12.9. The van der Waals surface area contributed by atoms with Crippen molar-refractivity contribution in [2.24, 2.45) is 5.92 Å². The Balaban J connectivity index is 2.06. The number of benzene rings is 1. The average molecular weight is 346 g/mol. The van der Waals surface area contributed by atoms with Crippen LogP contribution >= 0.6 is 0 Å². The summed E-state index contributed by atoms with van der Waals surface area (Å²) in [5, 5.41) is 5.55. The van der Waals surface area contributed by atoms with Crippen molar-refractivity contribution in [3.05, 3.63) is 29.8 Å². The third kappa shape index (κ3) is 5.19. The van der Waals surface area contributed by atoms with Crippen LogP contribution < -0.4 is 10.6 Å². The first-order chi connectivity index (χ1) is 11.8. The van der Waals surface area contributed by atoms with Crippen molar-refractivity contribution in [3.63, 3.8) is 0 Å². The van der Waals surface area contributed by atoms with Crippen molar-refractivity contribution in [2.75, 3.05) is 32.5 Å². The minimum atomic E-state index is -0.267. The van der Waals surface area contributed by atoms with Crippen LogP contribution in [0.5, 0.6) is 0 Å². The molecule has 25 heavy (non-hydrogen) atoms. The molecular formula is C19H30N4O2. The van der Waals surface area contributed by atoms with Gasteiger partial charge in [0.25, 0.3) is 5.91 Å². The molecule has 1 aliphatic rings. The summed E-state index contributed by atoms with van der Waals surface area (Å²) in [6.45, 7) is 8.00. The minimum absolute atomic E-state index is 0.00526. The summed E-state index contributed by atoms with van der Waals surface area (Å²) in [6, 6.07) is 7.14. The summed E-state index contributed by atoms with van der Waals surface area (Å²) < 4.78 is 0. The first kappa shape index (κ1) is 19.2. The molecule has 1 aromatic rings. The molecule has 3 amide bonds. The highest BCUT2D eigenvalue weighted by atomic mass is 16.2. The van der Waals surface area contributed by atoms with Gasteiger partial charge in [-0.2, -0.15) is 0 Å². The van der Waals surface area contributed by atoms with Gasteiger partial charge in [0.05, 0.1) is 0 Å². The van der Waals surface area contributed by atoms with Gasteiger partial charge in [0.1, 0.15) is 0 Å². The van der Waals surface area contributed by atoms with E-state index in [-0.39, 0.29) is 24.0 Å². The Bertz CT molecular complexity index is 617. The van der Waals surface area contributed by atoms with Gasteiger partial charge in [0.15, 0.2) is 0 Å². The molecule has 0 bridgehead atoms. The van der Waals surface area contributed by atoms with Crippen LogP contribution in [0.2, 0.25) is 0 Å². The van der Waals surface area contributed by atoms with E-state index in [0.717, 1.165) is 19.5 Å². The Hall–Kier alpha value is -2.08. The first-order valence-electron chi connectivity index (χ1n) is 8.91. The number of anilines is 1. The highest BCUT2D eigenvalue weighted by Crippen LogP contribution is 2.22. The van der Waals surface area contributed by atoms with Crippen LogP contribution in [-0.4, -0.2) is 61.0 Å². The van der Waals surface area contributed by atoms with Crippen LogP contribution in [-0.2, 0) is 0 Å². The largest absolute Gasteiger partial charge is 0.338 e. The fourth-order valence-corrected chi connectivity index (χ4v) is 3.43. The molecule has 1 aliphatic heterocycles. The highest BCUT2D eigenvalue weighted by molar-refractivity contribution is 5.97. The second-order valence-corrected chi connectivity index (χ2v) is 7.35. The molecule has 1 aromatic carbocycles.